The first-order chi connectivity index (χ1) is 18.1. The number of aliphatic hydroxyl groups is 1. The summed E-state index contributed by atoms with van der Waals surface area (Å²) >= 11 is 0.932. The number of para-hydroxylation sites is 1. The first-order valence-corrected chi connectivity index (χ1v) is 14.9. The average Bonchev–Trinajstić information content (AvgIpc) is 3.17. The normalized spacial score (nSPS) is 26.4. The smallest absolute Gasteiger partial charge is 0.459 e. The van der Waals surface area contributed by atoms with E-state index in [9.17, 15) is 23.7 Å². The van der Waals surface area contributed by atoms with Gasteiger partial charge < -0.3 is 20.1 Å². The number of thioether (sulfide) groups is 1. The molecule has 4 N–H and O–H groups in total. The van der Waals surface area contributed by atoms with E-state index in [1.54, 1.807) is 30.3 Å². The lowest BCUT2D eigenvalue weighted by molar-refractivity contribution is -0.152. The van der Waals surface area contributed by atoms with Gasteiger partial charge in [-0.2, -0.15) is 10.1 Å². The number of hydrogen-bond donors (Lipinski definition) is 3. The van der Waals surface area contributed by atoms with Crippen LogP contribution in [0.1, 0.15) is 44.4 Å². The molecule has 0 bridgehead atoms. The maximum atomic E-state index is 15.0. The van der Waals surface area contributed by atoms with Gasteiger partial charge in [0.15, 0.2) is 6.17 Å². The molecule has 6 atom stereocenters. The number of benzene rings is 1. The molecule has 1 aliphatic heterocycles. The number of rotatable bonds is 10. The fraction of sp³-hybridized carbons (Fsp3) is 0.542. The molecule has 0 radical (unpaired) electrons. The third-order valence-corrected chi connectivity index (χ3v) is 9.51. The number of aliphatic hydroxyl groups excluding tert-OH is 1. The maximum absolute atomic E-state index is 15.0. The van der Waals surface area contributed by atoms with Crippen molar-refractivity contribution in [2.24, 2.45) is 0 Å². The molecule has 14 heteroatoms. The molecule has 1 aliphatic carbocycles. The van der Waals surface area contributed by atoms with Gasteiger partial charge in [0.25, 0.3) is 0 Å². The van der Waals surface area contributed by atoms with Crippen LogP contribution in [-0.2, 0) is 18.6 Å². The van der Waals surface area contributed by atoms with E-state index in [1.807, 2.05) is 0 Å². The van der Waals surface area contributed by atoms with Crippen LogP contribution in [0.3, 0.4) is 0 Å². The van der Waals surface area contributed by atoms with Gasteiger partial charge in [-0.3, -0.25) is 13.9 Å². The number of aromatic nitrogens is 2. The Labute approximate surface area is 223 Å². The van der Waals surface area contributed by atoms with E-state index in [1.165, 1.54) is 19.2 Å². The van der Waals surface area contributed by atoms with E-state index in [0.29, 0.717) is 0 Å². The highest BCUT2D eigenvalue weighted by atomic mass is 32.2. The zero-order valence-corrected chi connectivity index (χ0v) is 22.6. The summed E-state index contributed by atoms with van der Waals surface area (Å²) in [5.41, 5.74) is 4.75. The lowest BCUT2D eigenvalue weighted by Crippen LogP contribution is -2.38. The molecule has 4 rings (SSSR count). The Morgan fingerprint density at radius 2 is 2.00 bits per heavy atom. The topological polar surface area (TPSA) is 155 Å². The second-order valence-electron chi connectivity index (χ2n) is 9.29. The van der Waals surface area contributed by atoms with Gasteiger partial charge in [-0.1, -0.05) is 24.6 Å². The van der Waals surface area contributed by atoms with Crippen LogP contribution in [0.15, 0.2) is 47.4 Å². The number of ether oxygens (including phenoxy) is 1. The standard InChI is InChI=1S/C24H32FN4O7PS/c1-15(23(31)35-16-8-4-2-5-9-16)28-37(33,36-17-10-6-3-7-11-17)34-14-18-21(30)20(25)22(38-18)29-13-12-19(26)27-24(29)32/h3,6-7,10-13,15-16,18,20-22,30H,2,4-5,8-9,14H2,1H3,(H,28,33)(H2,26,27,32)/t15-,18+,20-,21+,22+,37?/m0/s1. The summed E-state index contributed by atoms with van der Waals surface area (Å²) < 4.78 is 46.6. The van der Waals surface area contributed by atoms with Crippen LogP contribution in [0.4, 0.5) is 10.2 Å². The quantitative estimate of drug-likeness (QED) is 0.285. The van der Waals surface area contributed by atoms with Crippen molar-refractivity contribution >= 4 is 31.3 Å². The zero-order valence-electron chi connectivity index (χ0n) is 20.9. The molecule has 1 unspecified atom stereocenters. The molecule has 1 aromatic heterocycles. The lowest BCUT2D eigenvalue weighted by atomic mass is 9.98. The highest BCUT2D eigenvalue weighted by Crippen LogP contribution is 2.49. The Kier molecular flexibility index (Phi) is 9.48. The van der Waals surface area contributed by atoms with Crippen molar-refractivity contribution in [3.63, 3.8) is 0 Å². The number of halogens is 1. The number of carbonyl (C=O) groups is 1. The largest absolute Gasteiger partial charge is 0.461 e. The van der Waals surface area contributed by atoms with Crippen molar-refractivity contribution in [1.29, 1.82) is 0 Å². The highest BCUT2D eigenvalue weighted by molar-refractivity contribution is 8.00. The van der Waals surface area contributed by atoms with Gasteiger partial charge in [0.1, 0.15) is 35.2 Å². The summed E-state index contributed by atoms with van der Waals surface area (Å²) in [5, 5.41) is 11.1. The second-order valence-corrected chi connectivity index (χ2v) is 12.3. The first-order valence-electron chi connectivity index (χ1n) is 12.4. The Bertz CT molecular complexity index is 1200. The molecule has 0 amide bonds. The summed E-state index contributed by atoms with van der Waals surface area (Å²) in [6.45, 7) is 1.09. The van der Waals surface area contributed by atoms with Crippen LogP contribution in [0.2, 0.25) is 0 Å². The van der Waals surface area contributed by atoms with Gasteiger partial charge in [-0.15, -0.1) is 11.8 Å². The number of nitrogens with two attached hydrogens (primary N) is 1. The Morgan fingerprint density at radius 3 is 2.68 bits per heavy atom. The zero-order chi connectivity index (χ0) is 27.3. The summed E-state index contributed by atoms with van der Waals surface area (Å²) in [5.74, 6) is -0.380. The SMILES string of the molecule is C[C@H](NP(=O)(OC[C@H]1S[C@@H](n2ccc(N)nc2=O)[C@@H](F)[C@@H]1O)Oc1ccccc1)C(=O)OC1CCCCC1. The summed E-state index contributed by atoms with van der Waals surface area (Å²) in [6, 6.07) is 8.54. The van der Waals surface area contributed by atoms with E-state index in [4.69, 9.17) is 19.5 Å². The van der Waals surface area contributed by atoms with E-state index in [-0.39, 0.29) is 17.7 Å². The molecule has 11 nitrogen and oxygen atoms in total. The van der Waals surface area contributed by atoms with Gasteiger partial charge in [-0.05, 0) is 50.8 Å². The molecular weight excluding hydrogens is 538 g/mol. The van der Waals surface area contributed by atoms with Gasteiger partial charge in [-0.25, -0.2) is 13.8 Å². The summed E-state index contributed by atoms with van der Waals surface area (Å²) in [7, 11) is -4.21. The first kappa shape index (κ1) is 28.6. The fourth-order valence-electron chi connectivity index (χ4n) is 4.31. The Balaban J connectivity index is 1.45. The van der Waals surface area contributed by atoms with Crippen LogP contribution < -0.4 is 21.0 Å². The van der Waals surface area contributed by atoms with Crippen LogP contribution in [-0.4, -0.2) is 56.9 Å². The van der Waals surface area contributed by atoms with Crippen molar-refractivity contribution in [3.05, 3.63) is 53.1 Å². The molecule has 208 valence electrons. The molecule has 1 aromatic carbocycles. The van der Waals surface area contributed by atoms with Gasteiger partial charge in [0, 0.05) is 6.20 Å². The number of nitrogen functional groups attached to an aromatic ring is 1. The average molecular weight is 571 g/mol. The van der Waals surface area contributed by atoms with Gasteiger partial charge in [0.2, 0.25) is 0 Å². The minimum absolute atomic E-state index is 0.00806. The van der Waals surface area contributed by atoms with Crippen LogP contribution >= 0.6 is 19.5 Å². The molecular formula is C24H32FN4O7PS. The van der Waals surface area contributed by atoms with Crippen LogP contribution in [0, 0.1) is 0 Å². The van der Waals surface area contributed by atoms with Gasteiger partial charge >= 0.3 is 19.4 Å². The predicted molar refractivity (Wildman–Crippen MR) is 140 cm³/mol. The molecule has 0 spiro atoms. The van der Waals surface area contributed by atoms with E-state index >= 15 is 0 Å². The van der Waals surface area contributed by atoms with Crippen molar-refractivity contribution in [2.75, 3.05) is 12.3 Å². The summed E-state index contributed by atoms with van der Waals surface area (Å²) in [4.78, 5) is 28.5. The number of nitrogens with one attached hydrogen (secondary N) is 1. The molecule has 2 aliphatic rings. The lowest BCUT2D eigenvalue weighted by Gasteiger charge is -2.26. The van der Waals surface area contributed by atoms with Crippen molar-refractivity contribution in [1.82, 2.24) is 14.6 Å². The minimum atomic E-state index is -4.21. The van der Waals surface area contributed by atoms with Crippen molar-refractivity contribution in [2.45, 2.75) is 74.1 Å². The number of anilines is 1. The molecule has 38 heavy (non-hydrogen) atoms. The monoisotopic (exact) mass is 570 g/mol. The molecule has 2 heterocycles. The molecule has 1 saturated carbocycles. The third kappa shape index (κ3) is 7.15. The predicted octanol–water partition coefficient (Wildman–Crippen LogP) is 3.20. The number of hydrogen-bond acceptors (Lipinski definition) is 10. The van der Waals surface area contributed by atoms with E-state index in [0.717, 1.165) is 48.4 Å². The number of carbonyl (C=O) groups excluding carboxylic acids is 1. The minimum Gasteiger partial charge on any atom is -0.461 e. The number of esters is 1. The Morgan fingerprint density at radius 1 is 1.29 bits per heavy atom. The van der Waals surface area contributed by atoms with E-state index < -0.39 is 55.0 Å². The Hall–Kier alpha value is -2.44. The van der Waals surface area contributed by atoms with E-state index in [2.05, 4.69) is 10.1 Å². The molecule has 2 aromatic rings. The maximum Gasteiger partial charge on any atom is 0.459 e. The second kappa shape index (κ2) is 12.6. The number of alkyl halides is 1. The van der Waals surface area contributed by atoms with Crippen LogP contribution in [0.5, 0.6) is 5.75 Å². The molecule has 1 saturated heterocycles. The fourth-order valence-corrected chi connectivity index (χ4v) is 7.34. The highest BCUT2D eigenvalue weighted by Gasteiger charge is 2.46. The van der Waals surface area contributed by atoms with Crippen LogP contribution in [0.25, 0.3) is 0 Å². The van der Waals surface area contributed by atoms with Gasteiger partial charge in [0.05, 0.1) is 11.9 Å². The number of nitrogens with zero attached hydrogens (tertiary/aromatic N) is 2. The molecule has 2 fully saturated rings. The third-order valence-electron chi connectivity index (χ3n) is 6.34. The van der Waals surface area contributed by atoms with Crippen molar-refractivity contribution < 1.29 is 32.6 Å². The van der Waals surface area contributed by atoms with Crippen molar-refractivity contribution in [3.8, 4) is 5.75 Å². The summed E-state index contributed by atoms with van der Waals surface area (Å²) in [6.07, 6.45) is 2.37.